The molecule has 2 aliphatic rings. The summed E-state index contributed by atoms with van der Waals surface area (Å²) in [5.41, 5.74) is 5.77. The van der Waals surface area contributed by atoms with Crippen molar-refractivity contribution in [3.8, 4) is 0 Å². The lowest BCUT2D eigenvalue weighted by Gasteiger charge is -2.34. The van der Waals surface area contributed by atoms with Crippen molar-refractivity contribution in [3.05, 3.63) is 34.6 Å². The zero-order valence-corrected chi connectivity index (χ0v) is 15.0. The third-order valence-corrected chi connectivity index (χ3v) is 5.54. The Labute approximate surface area is 152 Å². The van der Waals surface area contributed by atoms with E-state index in [1.807, 2.05) is 0 Å². The Bertz CT molecular complexity index is 596. The topological polar surface area (TPSA) is 67.6 Å². The van der Waals surface area contributed by atoms with Crippen LogP contribution in [0.5, 0.6) is 0 Å². The van der Waals surface area contributed by atoms with E-state index < -0.39 is 5.54 Å². The number of halogens is 2. The van der Waals surface area contributed by atoms with Gasteiger partial charge in [-0.2, -0.15) is 0 Å². The summed E-state index contributed by atoms with van der Waals surface area (Å²) in [7, 11) is 0. The number of benzene rings is 1. The smallest absolute Gasteiger partial charge is 0.240 e. The monoisotopic (exact) mass is 369 g/mol. The molecule has 0 radical (unpaired) electrons. The largest absolute Gasteiger partial charge is 0.381 e. The van der Waals surface area contributed by atoms with E-state index >= 15 is 0 Å². The van der Waals surface area contributed by atoms with E-state index in [0.717, 1.165) is 25.9 Å². The summed E-state index contributed by atoms with van der Waals surface area (Å²) >= 11 is 6.27. The van der Waals surface area contributed by atoms with E-state index in [2.05, 4.69) is 10.2 Å². The van der Waals surface area contributed by atoms with Gasteiger partial charge in [0.25, 0.3) is 0 Å². The molecule has 2 aliphatic heterocycles. The molecule has 138 valence electrons. The van der Waals surface area contributed by atoms with Gasteiger partial charge < -0.3 is 15.8 Å². The molecule has 0 aromatic heterocycles. The van der Waals surface area contributed by atoms with Gasteiger partial charge in [0.15, 0.2) is 0 Å². The zero-order valence-electron chi connectivity index (χ0n) is 14.3. The lowest BCUT2D eigenvalue weighted by molar-refractivity contribution is -0.130. The summed E-state index contributed by atoms with van der Waals surface area (Å²) < 4.78 is 19.7. The average Bonchev–Trinajstić information content (AvgIpc) is 3.12. The molecule has 2 saturated heterocycles. The molecule has 1 aromatic rings. The summed E-state index contributed by atoms with van der Waals surface area (Å²) in [6.45, 7) is 3.00. The van der Waals surface area contributed by atoms with Crippen LogP contribution in [0, 0.1) is 5.82 Å². The Morgan fingerprint density at radius 3 is 2.68 bits per heavy atom. The van der Waals surface area contributed by atoms with Crippen molar-refractivity contribution in [1.29, 1.82) is 0 Å². The molecular formula is C18H25ClFN3O2. The molecule has 0 bridgehead atoms. The Morgan fingerprint density at radius 1 is 1.36 bits per heavy atom. The minimum atomic E-state index is -0.910. The number of nitrogens with two attached hydrogens (primary N) is 1. The summed E-state index contributed by atoms with van der Waals surface area (Å²) in [5, 5.41) is 3.32. The van der Waals surface area contributed by atoms with Gasteiger partial charge >= 0.3 is 0 Å². The molecule has 3 rings (SSSR count). The number of hydrogen-bond acceptors (Lipinski definition) is 4. The van der Waals surface area contributed by atoms with Crippen molar-refractivity contribution in [1.82, 2.24) is 10.2 Å². The van der Waals surface area contributed by atoms with Crippen molar-refractivity contribution in [2.45, 2.75) is 37.3 Å². The molecule has 2 fully saturated rings. The van der Waals surface area contributed by atoms with Crippen LogP contribution < -0.4 is 11.1 Å². The molecule has 7 heteroatoms. The molecule has 1 atom stereocenters. The van der Waals surface area contributed by atoms with Crippen LogP contribution in [0.3, 0.4) is 0 Å². The van der Waals surface area contributed by atoms with Crippen molar-refractivity contribution >= 4 is 17.5 Å². The highest BCUT2D eigenvalue weighted by Crippen LogP contribution is 2.32. The van der Waals surface area contributed by atoms with E-state index in [4.69, 9.17) is 22.1 Å². The number of hydrogen-bond donors (Lipinski definition) is 2. The molecule has 0 aliphatic carbocycles. The van der Waals surface area contributed by atoms with E-state index in [9.17, 15) is 9.18 Å². The maximum absolute atomic E-state index is 14.4. The van der Waals surface area contributed by atoms with Gasteiger partial charge in [-0.1, -0.05) is 17.7 Å². The molecule has 1 aromatic carbocycles. The molecule has 25 heavy (non-hydrogen) atoms. The molecular weight excluding hydrogens is 345 g/mol. The van der Waals surface area contributed by atoms with Crippen LogP contribution in [0.25, 0.3) is 0 Å². The van der Waals surface area contributed by atoms with E-state index in [1.165, 1.54) is 6.07 Å². The van der Waals surface area contributed by atoms with Crippen molar-refractivity contribution in [2.24, 2.45) is 5.73 Å². The van der Waals surface area contributed by atoms with Crippen LogP contribution in [0.1, 0.15) is 37.3 Å². The van der Waals surface area contributed by atoms with Crippen LogP contribution in [-0.2, 0) is 9.53 Å². The third-order valence-electron chi connectivity index (χ3n) is 5.21. The molecule has 5 nitrogen and oxygen atoms in total. The molecule has 0 spiro atoms. The second-order valence-electron chi connectivity index (χ2n) is 6.87. The highest BCUT2D eigenvalue weighted by atomic mass is 35.5. The van der Waals surface area contributed by atoms with Crippen LogP contribution >= 0.6 is 11.6 Å². The Kier molecular flexibility index (Phi) is 5.94. The van der Waals surface area contributed by atoms with E-state index in [0.29, 0.717) is 43.2 Å². The first-order chi connectivity index (χ1) is 12.0. The van der Waals surface area contributed by atoms with Gasteiger partial charge in [0.2, 0.25) is 5.91 Å². The van der Waals surface area contributed by atoms with Gasteiger partial charge in [0, 0.05) is 30.3 Å². The van der Waals surface area contributed by atoms with Crippen LogP contribution in [0.4, 0.5) is 4.39 Å². The Morgan fingerprint density at radius 2 is 2.04 bits per heavy atom. The first-order valence-electron chi connectivity index (χ1n) is 8.84. The number of carbonyl (C=O) groups excluding carboxylic acids is 1. The lowest BCUT2D eigenvalue weighted by atomic mass is 9.90. The van der Waals surface area contributed by atoms with Gasteiger partial charge in [-0.05, 0) is 50.9 Å². The van der Waals surface area contributed by atoms with Crippen molar-refractivity contribution in [2.75, 3.05) is 32.8 Å². The average molecular weight is 370 g/mol. The molecule has 1 unspecified atom stereocenters. The number of amides is 1. The summed E-state index contributed by atoms with van der Waals surface area (Å²) in [6.07, 6.45) is 3.12. The van der Waals surface area contributed by atoms with Gasteiger partial charge in [0.1, 0.15) is 5.82 Å². The fourth-order valence-electron chi connectivity index (χ4n) is 3.62. The number of rotatable bonds is 5. The minimum Gasteiger partial charge on any atom is -0.381 e. The SMILES string of the molecule is NC1(C(=O)NCC(c2c(F)cccc2Cl)N2CCCC2)CCOCC1. The van der Waals surface area contributed by atoms with Gasteiger partial charge in [-0.25, -0.2) is 4.39 Å². The Balaban J connectivity index is 1.75. The standard InChI is InChI=1S/C18H25ClFN3O2/c19-13-4-3-5-14(20)16(13)15(23-8-1-2-9-23)12-22-17(24)18(21)6-10-25-11-7-18/h3-5,15H,1-2,6-12,21H2,(H,22,24). The number of nitrogens with zero attached hydrogens (tertiary/aromatic N) is 1. The molecule has 3 N–H and O–H groups in total. The van der Waals surface area contributed by atoms with Crippen LogP contribution in [0.15, 0.2) is 18.2 Å². The summed E-state index contributed by atoms with van der Waals surface area (Å²) in [4.78, 5) is 14.8. The summed E-state index contributed by atoms with van der Waals surface area (Å²) in [6, 6.07) is 4.41. The molecule has 2 heterocycles. The quantitative estimate of drug-likeness (QED) is 0.835. The number of ether oxygens (including phenoxy) is 1. The highest BCUT2D eigenvalue weighted by molar-refractivity contribution is 6.31. The zero-order chi connectivity index (χ0) is 17.9. The maximum Gasteiger partial charge on any atom is 0.240 e. The maximum atomic E-state index is 14.4. The number of likely N-dealkylation sites (tertiary alicyclic amines) is 1. The molecule has 0 saturated carbocycles. The summed E-state index contributed by atoms with van der Waals surface area (Å²) in [5.74, 6) is -0.542. The fourth-order valence-corrected chi connectivity index (χ4v) is 3.91. The second-order valence-corrected chi connectivity index (χ2v) is 7.28. The number of carbonyl (C=O) groups is 1. The van der Waals surface area contributed by atoms with Crippen LogP contribution in [0.2, 0.25) is 5.02 Å². The van der Waals surface area contributed by atoms with E-state index in [1.54, 1.807) is 12.1 Å². The lowest BCUT2D eigenvalue weighted by Crippen LogP contribution is -2.57. The molecule has 1 amide bonds. The van der Waals surface area contributed by atoms with Crippen molar-refractivity contribution < 1.29 is 13.9 Å². The van der Waals surface area contributed by atoms with E-state index in [-0.39, 0.29) is 17.8 Å². The van der Waals surface area contributed by atoms with Crippen LogP contribution in [-0.4, -0.2) is 49.2 Å². The van der Waals surface area contributed by atoms with Gasteiger partial charge in [-0.3, -0.25) is 9.69 Å². The van der Waals surface area contributed by atoms with Gasteiger partial charge in [0.05, 0.1) is 11.6 Å². The predicted octanol–water partition coefficient (Wildman–Crippen LogP) is 2.24. The second kappa shape index (κ2) is 7.99. The third kappa shape index (κ3) is 4.14. The fraction of sp³-hybridized carbons (Fsp3) is 0.611. The van der Waals surface area contributed by atoms with Gasteiger partial charge in [-0.15, -0.1) is 0 Å². The first-order valence-corrected chi connectivity index (χ1v) is 9.22. The Hall–Kier alpha value is -1.21. The van der Waals surface area contributed by atoms with Crippen molar-refractivity contribution in [3.63, 3.8) is 0 Å². The normalized spacial score (nSPS) is 21.9. The first kappa shape index (κ1) is 18.6. The number of nitrogens with one attached hydrogen (secondary N) is 1. The highest BCUT2D eigenvalue weighted by Gasteiger charge is 2.37. The minimum absolute atomic E-state index is 0.201. The predicted molar refractivity (Wildman–Crippen MR) is 94.9 cm³/mol.